The van der Waals surface area contributed by atoms with Crippen LogP contribution in [0.4, 0.5) is 0 Å². The summed E-state index contributed by atoms with van der Waals surface area (Å²) in [5, 5.41) is 25.9. The molecule has 0 amide bonds. The van der Waals surface area contributed by atoms with Crippen LogP contribution in [0.5, 0.6) is 0 Å². The van der Waals surface area contributed by atoms with Crippen molar-refractivity contribution in [3.05, 3.63) is 193 Å². The fourth-order valence-corrected chi connectivity index (χ4v) is 5.07. The van der Waals surface area contributed by atoms with Gasteiger partial charge in [-0.1, -0.05) is 42.3 Å². The Kier molecular flexibility index (Phi) is 16.2. The van der Waals surface area contributed by atoms with E-state index < -0.39 is 17.9 Å². The van der Waals surface area contributed by atoms with Crippen LogP contribution in [0.1, 0.15) is 27.0 Å². The predicted octanol–water partition coefficient (Wildman–Crippen LogP) is 7.51. The van der Waals surface area contributed by atoms with Gasteiger partial charge in [-0.05, 0) is 96.1 Å². The zero-order chi connectivity index (χ0) is 43.2. The Morgan fingerprint density at radius 2 is 0.754 bits per heavy atom. The van der Waals surface area contributed by atoms with Crippen LogP contribution in [-0.4, -0.2) is 73.1 Å². The summed E-state index contributed by atoms with van der Waals surface area (Å²) in [5.74, 6) is -0.163. The van der Waals surface area contributed by atoms with E-state index in [2.05, 4.69) is 45.8 Å². The van der Waals surface area contributed by atoms with Crippen molar-refractivity contribution in [2.45, 2.75) is 12.8 Å². The lowest BCUT2D eigenvalue weighted by atomic mass is 10.2. The highest BCUT2D eigenvalue weighted by atomic mass is 16.4. The molecule has 0 radical (unpaired) electrons. The van der Waals surface area contributed by atoms with Gasteiger partial charge in [-0.15, -0.1) is 6.42 Å². The molecule has 0 aromatic carbocycles. The number of aromatic nitrogens is 8. The van der Waals surface area contributed by atoms with Gasteiger partial charge in [0.1, 0.15) is 0 Å². The molecular formula is C47H36N8O6. The molecule has 61 heavy (non-hydrogen) atoms. The lowest BCUT2D eigenvalue weighted by molar-refractivity contribution is -0.137. The van der Waals surface area contributed by atoms with E-state index in [0.717, 1.165) is 45.4 Å². The third kappa shape index (κ3) is 14.3. The van der Waals surface area contributed by atoms with Crippen LogP contribution in [0.15, 0.2) is 171 Å². The third-order valence-electron chi connectivity index (χ3n) is 8.01. The van der Waals surface area contributed by atoms with E-state index in [1.807, 2.05) is 84.9 Å². The van der Waals surface area contributed by atoms with Crippen molar-refractivity contribution in [2.24, 2.45) is 0 Å². The summed E-state index contributed by atoms with van der Waals surface area (Å²) in [6.45, 7) is 0. The standard InChI is InChI=1S/2C12H10N2O2.C12H8N2.C11H8N2O2/c2*15-12(16)7-9-4-5-11(14-8-9)10-3-1-2-6-13-10;1-2-10-6-7-12(14-9-10)11-5-3-4-8-13-11;14-11(15)8-4-5-10(13-7-8)9-3-1-2-6-12-9/h2*1-6,8H,7H2,(H,15,16);1,3-9H;1-7H,(H,14,15). The van der Waals surface area contributed by atoms with E-state index in [1.165, 1.54) is 12.3 Å². The number of hydrogen-bond acceptors (Lipinski definition) is 11. The molecule has 8 aromatic rings. The molecule has 0 aliphatic rings. The smallest absolute Gasteiger partial charge is 0.337 e. The minimum Gasteiger partial charge on any atom is -0.481 e. The van der Waals surface area contributed by atoms with Gasteiger partial charge in [0.25, 0.3) is 0 Å². The Morgan fingerprint density at radius 3 is 1.00 bits per heavy atom. The van der Waals surface area contributed by atoms with Crippen LogP contribution in [0.2, 0.25) is 0 Å². The minimum atomic E-state index is -0.977. The lowest BCUT2D eigenvalue weighted by Gasteiger charge is -2.00. The maximum Gasteiger partial charge on any atom is 0.337 e. The highest BCUT2D eigenvalue weighted by Gasteiger charge is 2.06. The summed E-state index contributed by atoms with van der Waals surface area (Å²) in [5.41, 5.74) is 8.48. The summed E-state index contributed by atoms with van der Waals surface area (Å²) < 4.78 is 0. The third-order valence-corrected chi connectivity index (χ3v) is 8.01. The summed E-state index contributed by atoms with van der Waals surface area (Å²) in [4.78, 5) is 64.8. The topological polar surface area (TPSA) is 215 Å². The molecule has 0 fully saturated rings. The maximum absolute atomic E-state index is 10.6. The van der Waals surface area contributed by atoms with Crippen molar-refractivity contribution in [1.82, 2.24) is 39.9 Å². The molecule has 8 aromatic heterocycles. The van der Waals surface area contributed by atoms with Gasteiger partial charge >= 0.3 is 17.9 Å². The quantitative estimate of drug-likeness (QED) is 0.120. The Bertz CT molecular complexity index is 2540. The second-order valence-electron chi connectivity index (χ2n) is 12.4. The number of nitrogens with zero attached hydrogens (tertiary/aromatic N) is 8. The van der Waals surface area contributed by atoms with Crippen molar-refractivity contribution in [3.8, 4) is 57.9 Å². The average molecular weight is 809 g/mol. The van der Waals surface area contributed by atoms with Crippen LogP contribution in [0.3, 0.4) is 0 Å². The SMILES string of the molecule is C#Cc1ccc(-c2ccccn2)nc1.O=C(O)Cc1ccc(-c2ccccn2)nc1.O=C(O)Cc1ccc(-c2ccccn2)nc1.O=C(O)c1ccc(-c2ccccn2)nc1. The van der Waals surface area contributed by atoms with Gasteiger partial charge in [0.15, 0.2) is 0 Å². The molecule has 8 rings (SSSR count). The van der Waals surface area contributed by atoms with Crippen molar-refractivity contribution in [3.63, 3.8) is 0 Å². The van der Waals surface area contributed by atoms with Gasteiger partial charge in [0.05, 0.1) is 64.0 Å². The average Bonchev–Trinajstić information content (AvgIpc) is 3.31. The number of aliphatic carboxylic acids is 2. The first-order valence-electron chi connectivity index (χ1n) is 18.3. The second-order valence-corrected chi connectivity index (χ2v) is 12.4. The minimum absolute atomic E-state index is 0.00447. The molecule has 0 atom stereocenters. The normalized spacial score (nSPS) is 9.82. The first-order chi connectivity index (χ1) is 29.7. The number of carbonyl (C=O) groups is 3. The highest BCUT2D eigenvalue weighted by Crippen LogP contribution is 2.16. The Balaban J connectivity index is 0.000000154. The molecule has 0 aliphatic carbocycles. The van der Waals surface area contributed by atoms with Gasteiger partial charge in [-0.3, -0.25) is 49.5 Å². The summed E-state index contributed by atoms with van der Waals surface area (Å²) in [6.07, 6.45) is 18.2. The number of carboxylic acid groups (broad SMARTS) is 3. The number of aromatic carboxylic acids is 1. The Labute approximate surface area is 350 Å². The Morgan fingerprint density at radius 1 is 0.410 bits per heavy atom. The molecule has 0 unspecified atom stereocenters. The van der Waals surface area contributed by atoms with Gasteiger partial charge < -0.3 is 15.3 Å². The molecule has 0 bridgehead atoms. The van der Waals surface area contributed by atoms with E-state index in [9.17, 15) is 14.4 Å². The molecule has 0 aliphatic heterocycles. The molecule has 0 saturated carbocycles. The Hall–Kier alpha value is -8.83. The second kappa shape index (κ2) is 22.8. The fraction of sp³-hybridized carbons (Fsp3) is 0.0426. The first-order valence-corrected chi connectivity index (χ1v) is 18.3. The van der Waals surface area contributed by atoms with E-state index in [1.54, 1.807) is 73.7 Å². The number of hydrogen-bond donors (Lipinski definition) is 3. The van der Waals surface area contributed by atoms with Crippen LogP contribution < -0.4 is 0 Å². The van der Waals surface area contributed by atoms with E-state index in [4.69, 9.17) is 21.7 Å². The van der Waals surface area contributed by atoms with Gasteiger partial charge in [0.2, 0.25) is 0 Å². The van der Waals surface area contributed by atoms with Crippen molar-refractivity contribution in [2.75, 3.05) is 0 Å². The van der Waals surface area contributed by atoms with Gasteiger partial charge in [-0.25, -0.2) is 4.79 Å². The van der Waals surface area contributed by atoms with Crippen molar-refractivity contribution >= 4 is 17.9 Å². The van der Waals surface area contributed by atoms with E-state index in [0.29, 0.717) is 16.8 Å². The fourth-order valence-electron chi connectivity index (χ4n) is 5.07. The molecule has 0 saturated heterocycles. The molecular weight excluding hydrogens is 773 g/mol. The van der Waals surface area contributed by atoms with Gasteiger partial charge in [0, 0.05) is 55.1 Å². The van der Waals surface area contributed by atoms with Crippen molar-refractivity contribution in [1.29, 1.82) is 0 Å². The van der Waals surface area contributed by atoms with Crippen molar-refractivity contribution < 1.29 is 29.7 Å². The van der Waals surface area contributed by atoms with Gasteiger partial charge in [-0.2, -0.15) is 0 Å². The van der Waals surface area contributed by atoms with E-state index >= 15 is 0 Å². The lowest BCUT2D eigenvalue weighted by Crippen LogP contribution is -2.00. The molecule has 300 valence electrons. The molecule has 8 heterocycles. The number of rotatable bonds is 9. The number of carboxylic acids is 3. The maximum atomic E-state index is 10.6. The molecule has 14 heteroatoms. The number of terminal acetylenes is 1. The summed E-state index contributed by atoms with van der Waals surface area (Å²) in [7, 11) is 0. The molecule has 14 nitrogen and oxygen atoms in total. The first kappa shape index (κ1) is 43.3. The zero-order valence-electron chi connectivity index (χ0n) is 32.3. The molecule has 0 spiro atoms. The summed E-state index contributed by atoms with van der Waals surface area (Å²) in [6, 6.07) is 36.3. The predicted molar refractivity (Wildman–Crippen MR) is 227 cm³/mol. The largest absolute Gasteiger partial charge is 0.481 e. The highest BCUT2D eigenvalue weighted by molar-refractivity contribution is 5.87. The van der Waals surface area contributed by atoms with E-state index in [-0.39, 0.29) is 18.4 Å². The molecule has 3 N–H and O–H groups in total. The van der Waals surface area contributed by atoms with Crippen LogP contribution in [0, 0.1) is 12.3 Å². The summed E-state index contributed by atoms with van der Waals surface area (Å²) >= 11 is 0. The van der Waals surface area contributed by atoms with Crippen LogP contribution in [0.25, 0.3) is 45.6 Å². The number of pyridine rings is 8. The van der Waals surface area contributed by atoms with Crippen LogP contribution >= 0.6 is 0 Å². The monoisotopic (exact) mass is 808 g/mol. The zero-order valence-corrected chi connectivity index (χ0v) is 32.3. The van der Waals surface area contributed by atoms with Crippen LogP contribution in [-0.2, 0) is 22.4 Å².